The van der Waals surface area contributed by atoms with Gasteiger partial charge >= 0.3 is 0 Å². The summed E-state index contributed by atoms with van der Waals surface area (Å²) in [6, 6.07) is 18.3. The Balaban J connectivity index is 1.61. The van der Waals surface area contributed by atoms with Crippen LogP contribution in [-0.4, -0.2) is 52.2 Å². The first-order chi connectivity index (χ1) is 16.9. The number of nitrogens with zero attached hydrogens (tertiary/aromatic N) is 3. The van der Waals surface area contributed by atoms with Crippen LogP contribution in [0.3, 0.4) is 0 Å². The summed E-state index contributed by atoms with van der Waals surface area (Å²) >= 11 is 0. The molecule has 6 heteroatoms. The molecule has 0 radical (unpaired) electrons. The van der Waals surface area contributed by atoms with Gasteiger partial charge in [-0.1, -0.05) is 56.3 Å². The lowest BCUT2D eigenvalue weighted by atomic mass is 10.1. The summed E-state index contributed by atoms with van der Waals surface area (Å²) in [5.74, 6) is 2.68. The normalized spacial score (nSPS) is 14.6. The molecule has 0 amide bonds. The van der Waals surface area contributed by atoms with E-state index in [0.717, 1.165) is 40.6 Å². The maximum absolute atomic E-state index is 10.8. The highest BCUT2D eigenvalue weighted by atomic mass is 16.5. The van der Waals surface area contributed by atoms with E-state index < -0.39 is 6.10 Å². The highest BCUT2D eigenvalue weighted by Gasteiger charge is 2.28. The predicted octanol–water partition coefficient (Wildman–Crippen LogP) is 5.43. The first kappa shape index (κ1) is 25.4. The predicted molar refractivity (Wildman–Crippen MR) is 140 cm³/mol. The van der Waals surface area contributed by atoms with Crippen molar-refractivity contribution in [3.63, 3.8) is 0 Å². The first-order valence-corrected chi connectivity index (χ1v) is 12.7. The van der Waals surface area contributed by atoms with Crippen molar-refractivity contribution in [1.82, 2.24) is 14.7 Å². The number of aryl methyl sites for hydroxylation is 2. The van der Waals surface area contributed by atoms with Crippen LogP contribution in [0.15, 0.2) is 54.6 Å². The van der Waals surface area contributed by atoms with Crippen LogP contribution >= 0.6 is 0 Å². The molecule has 1 aliphatic rings. The molecule has 1 saturated carbocycles. The third kappa shape index (κ3) is 7.40. The van der Waals surface area contributed by atoms with Crippen LogP contribution in [0.4, 0.5) is 0 Å². The standard InChI is InChI=1S/C29H39N3O3/c1-21(2)19-34-20-25(33)17-32(16-23-13-14-23)18-27-28(24-10-6-5-7-11-24)30-31(4)29(27)35-26-12-8-9-22(3)15-26/h5-12,15,21,23,25,33H,13-14,16-20H2,1-4H3/t25-/m1/s1. The second-order valence-corrected chi connectivity index (χ2v) is 10.3. The van der Waals surface area contributed by atoms with Gasteiger partial charge in [0.1, 0.15) is 11.4 Å². The van der Waals surface area contributed by atoms with E-state index in [1.807, 2.05) is 48.1 Å². The van der Waals surface area contributed by atoms with E-state index in [1.165, 1.54) is 12.8 Å². The lowest BCUT2D eigenvalue weighted by molar-refractivity contribution is 0.00613. The molecule has 0 unspecified atom stereocenters. The van der Waals surface area contributed by atoms with Crippen LogP contribution in [0.25, 0.3) is 11.3 Å². The van der Waals surface area contributed by atoms with Crippen molar-refractivity contribution in [2.24, 2.45) is 18.9 Å². The Kier molecular flexibility index (Phi) is 8.60. The molecule has 1 aromatic heterocycles. The number of aromatic nitrogens is 2. The minimum absolute atomic E-state index is 0.352. The molecule has 3 aromatic rings. The molecular formula is C29H39N3O3. The van der Waals surface area contributed by atoms with Gasteiger partial charge in [-0.25, -0.2) is 4.68 Å². The lowest BCUT2D eigenvalue weighted by Gasteiger charge is -2.26. The summed E-state index contributed by atoms with van der Waals surface area (Å²) in [6.45, 7) is 9.48. The molecule has 1 aliphatic carbocycles. The molecule has 0 saturated heterocycles. The molecular weight excluding hydrogens is 438 g/mol. The SMILES string of the molecule is Cc1cccc(Oc2c(CN(CC3CC3)C[C@@H](O)COCC(C)C)c(-c3ccccc3)nn2C)c1. The highest BCUT2D eigenvalue weighted by molar-refractivity contribution is 5.65. The molecule has 1 heterocycles. The topological polar surface area (TPSA) is 59.8 Å². The summed E-state index contributed by atoms with van der Waals surface area (Å²) in [5, 5.41) is 15.6. The van der Waals surface area contributed by atoms with Gasteiger partial charge in [-0.05, 0) is 49.3 Å². The third-order valence-electron chi connectivity index (χ3n) is 6.16. The van der Waals surface area contributed by atoms with Crippen molar-refractivity contribution in [3.8, 4) is 22.9 Å². The largest absolute Gasteiger partial charge is 0.439 e. The van der Waals surface area contributed by atoms with Crippen molar-refractivity contribution < 1.29 is 14.6 Å². The zero-order valence-electron chi connectivity index (χ0n) is 21.5. The van der Waals surface area contributed by atoms with Crippen molar-refractivity contribution in [2.45, 2.75) is 46.3 Å². The van der Waals surface area contributed by atoms with Crippen LogP contribution < -0.4 is 4.74 Å². The van der Waals surface area contributed by atoms with E-state index in [4.69, 9.17) is 14.6 Å². The van der Waals surface area contributed by atoms with Crippen molar-refractivity contribution in [1.29, 1.82) is 0 Å². The monoisotopic (exact) mass is 477 g/mol. The number of benzene rings is 2. The van der Waals surface area contributed by atoms with Gasteiger partial charge in [0.15, 0.2) is 0 Å². The molecule has 6 nitrogen and oxygen atoms in total. The Morgan fingerprint density at radius 1 is 1.09 bits per heavy atom. The fourth-order valence-electron chi connectivity index (χ4n) is 4.32. The lowest BCUT2D eigenvalue weighted by Crippen LogP contribution is -2.36. The summed E-state index contributed by atoms with van der Waals surface area (Å²) < 4.78 is 14.0. The number of aliphatic hydroxyl groups excluding tert-OH is 1. The fraction of sp³-hybridized carbons (Fsp3) is 0.483. The molecule has 1 fully saturated rings. The van der Waals surface area contributed by atoms with Crippen LogP contribution in [0.2, 0.25) is 0 Å². The summed E-state index contributed by atoms with van der Waals surface area (Å²) in [6.07, 6.45) is 1.97. The van der Waals surface area contributed by atoms with Crippen LogP contribution in [0, 0.1) is 18.8 Å². The number of aliphatic hydroxyl groups is 1. The third-order valence-corrected chi connectivity index (χ3v) is 6.16. The Morgan fingerprint density at radius 2 is 1.86 bits per heavy atom. The van der Waals surface area contributed by atoms with Gasteiger partial charge in [0.05, 0.1) is 18.3 Å². The molecule has 1 N–H and O–H groups in total. The van der Waals surface area contributed by atoms with Crippen molar-refractivity contribution >= 4 is 0 Å². The number of hydrogen-bond acceptors (Lipinski definition) is 5. The highest BCUT2D eigenvalue weighted by Crippen LogP contribution is 2.36. The minimum atomic E-state index is -0.537. The maximum atomic E-state index is 10.8. The summed E-state index contributed by atoms with van der Waals surface area (Å²) in [5.41, 5.74) is 4.16. The smallest absolute Gasteiger partial charge is 0.222 e. The number of hydrogen-bond donors (Lipinski definition) is 1. The van der Waals surface area contributed by atoms with Crippen LogP contribution in [0.1, 0.15) is 37.8 Å². The molecule has 1 atom stereocenters. The van der Waals surface area contributed by atoms with E-state index >= 15 is 0 Å². The van der Waals surface area contributed by atoms with Gasteiger partial charge in [0.2, 0.25) is 5.88 Å². The Morgan fingerprint density at radius 3 is 2.54 bits per heavy atom. The molecule has 2 aromatic carbocycles. The molecule has 4 rings (SSSR count). The van der Waals surface area contributed by atoms with Crippen LogP contribution in [-0.2, 0) is 18.3 Å². The van der Waals surface area contributed by atoms with E-state index in [9.17, 15) is 5.11 Å². The zero-order chi connectivity index (χ0) is 24.8. The molecule has 35 heavy (non-hydrogen) atoms. The average Bonchev–Trinajstić information content (AvgIpc) is 3.58. The van der Waals surface area contributed by atoms with Gasteiger partial charge < -0.3 is 14.6 Å². The number of rotatable bonds is 13. The van der Waals surface area contributed by atoms with Gasteiger partial charge in [-0.15, -0.1) is 0 Å². The second-order valence-electron chi connectivity index (χ2n) is 10.3. The first-order valence-electron chi connectivity index (χ1n) is 12.7. The van der Waals surface area contributed by atoms with E-state index in [-0.39, 0.29) is 0 Å². The van der Waals surface area contributed by atoms with Gasteiger partial charge in [-0.2, -0.15) is 5.10 Å². The Bertz CT molecular complexity index is 1080. The molecule has 0 spiro atoms. The van der Waals surface area contributed by atoms with Crippen molar-refractivity contribution in [3.05, 3.63) is 65.7 Å². The maximum Gasteiger partial charge on any atom is 0.222 e. The van der Waals surface area contributed by atoms with E-state index in [2.05, 4.69) is 43.9 Å². The molecule has 0 bridgehead atoms. The van der Waals surface area contributed by atoms with E-state index in [1.54, 1.807) is 0 Å². The summed E-state index contributed by atoms with van der Waals surface area (Å²) in [7, 11) is 1.93. The van der Waals surface area contributed by atoms with Gasteiger partial charge in [0.25, 0.3) is 0 Å². The fourth-order valence-corrected chi connectivity index (χ4v) is 4.32. The average molecular weight is 478 g/mol. The minimum Gasteiger partial charge on any atom is -0.439 e. The Hall–Kier alpha value is -2.67. The molecule has 188 valence electrons. The van der Waals surface area contributed by atoms with E-state index in [0.29, 0.717) is 38.1 Å². The Labute approximate surface area is 209 Å². The summed E-state index contributed by atoms with van der Waals surface area (Å²) in [4.78, 5) is 2.34. The quantitative estimate of drug-likeness (QED) is 0.356. The number of ether oxygens (including phenoxy) is 2. The van der Waals surface area contributed by atoms with Gasteiger partial charge in [-0.3, -0.25) is 4.90 Å². The zero-order valence-corrected chi connectivity index (χ0v) is 21.5. The van der Waals surface area contributed by atoms with Crippen molar-refractivity contribution in [2.75, 3.05) is 26.3 Å². The van der Waals surface area contributed by atoms with Gasteiger partial charge in [0, 0.05) is 38.9 Å². The second kappa shape index (κ2) is 11.8. The van der Waals surface area contributed by atoms with Crippen LogP contribution in [0.5, 0.6) is 11.6 Å². The molecule has 0 aliphatic heterocycles.